The van der Waals surface area contributed by atoms with Gasteiger partial charge in [0.05, 0.1) is 6.26 Å². The fraction of sp³-hybridized carbons (Fsp3) is 0.235. The van der Waals surface area contributed by atoms with Crippen molar-refractivity contribution in [1.29, 1.82) is 0 Å². The molecule has 6 nitrogen and oxygen atoms in total. The van der Waals surface area contributed by atoms with Crippen LogP contribution in [0.3, 0.4) is 0 Å². The van der Waals surface area contributed by atoms with E-state index in [1.807, 2.05) is 31.2 Å². The van der Waals surface area contributed by atoms with Gasteiger partial charge >= 0.3 is 0 Å². The molecule has 2 heterocycles. The van der Waals surface area contributed by atoms with Crippen molar-refractivity contribution >= 4 is 11.6 Å². The third kappa shape index (κ3) is 3.85. The van der Waals surface area contributed by atoms with Crippen LogP contribution >= 0.6 is 0 Å². The summed E-state index contributed by atoms with van der Waals surface area (Å²) in [4.78, 5) is 16.2. The Labute approximate surface area is 133 Å². The summed E-state index contributed by atoms with van der Waals surface area (Å²) in [6, 6.07) is 11.2. The third-order valence-corrected chi connectivity index (χ3v) is 3.42. The largest absolute Gasteiger partial charge is 0.461 e. The van der Waals surface area contributed by atoms with E-state index < -0.39 is 0 Å². The van der Waals surface area contributed by atoms with Crippen molar-refractivity contribution in [3.8, 4) is 11.6 Å². The molecule has 2 aromatic heterocycles. The Morgan fingerprint density at radius 2 is 2.09 bits per heavy atom. The molecule has 118 valence electrons. The summed E-state index contributed by atoms with van der Waals surface area (Å²) in [7, 11) is 0. The SMILES string of the molecule is Cc1ccccc1NC(=O)CCCc1nc(-c2ccco2)no1. The lowest BCUT2D eigenvalue weighted by Gasteiger charge is -2.07. The van der Waals surface area contributed by atoms with Crippen molar-refractivity contribution in [2.24, 2.45) is 0 Å². The van der Waals surface area contributed by atoms with Crippen LogP contribution in [0.2, 0.25) is 0 Å². The number of aromatic nitrogens is 2. The highest BCUT2D eigenvalue weighted by atomic mass is 16.5. The minimum absolute atomic E-state index is 0.0231. The van der Waals surface area contributed by atoms with E-state index in [9.17, 15) is 4.79 Å². The minimum Gasteiger partial charge on any atom is -0.461 e. The Bertz CT molecular complexity index is 778. The number of aryl methyl sites for hydroxylation is 2. The summed E-state index contributed by atoms with van der Waals surface area (Å²) < 4.78 is 10.4. The molecule has 0 fully saturated rings. The molecule has 0 aliphatic carbocycles. The van der Waals surface area contributed by atoms with E-state index in [2.05, 4.69) is 15.5 Å². The van der Waals surface area contributed by atoms with Crippen molar-refractivity contribution in [3.05, 3.63) is 54.1 Å². The van der Waals surface area contributed by atoms with E-state index >= 15 is 0 Å². The molecule has 0 radical (unpaired) electrons. The van der Waals surface area contributed by atoms with Crippen LogP contribution < -0.4 is 5.32 Å². The highest BCUT2D eigenvalue weighted by Crippen LogP contribution is 2.17. The van der Waals surface area contributed by atoms with Gasteiger partial charge in [0.25, 0.3) is 0 Å². The lowest BCUT2D eigenvalue weighted by atomic mass is 10.2. The van der Waals surface area contributed by atoms with E-state index in [4.69, 9.17) is 8.94 Å². The fourth-order valence-corrected chi connectivity index (χ4v) is 2.19. The van der Waals surface area contributed by atoms with Crippen molar-refractivity contribution in [2.75, 3.05) is 5.32 Å². The van der Waals surface area contributed by atoms with Crippen LogP contribution in [-0.2, 0) is 11.2 Å². The van der Waals surface area contributed by atoms with Crippen LogP contribution in [-0.4, -0.2) is 16.0 Å². The lowest BCUT2D eigenvalue weighted by Crippen LogP contribution is -2.12. The number of para-hydroxylation sites is 1. The summed E-state index contributed by atoms with van der Waals surface area (Å²) in [5, 5.41) is 6.76. The maximum atomic E-state index is 12.0. The lowest BCUT2D eigenvalue weighted by molar-refractivity contribution is -0.116. The molecule has 1 aromatic carbocycles. The van der Waals surface area contributed by atoms with Crippen molar-refractivity contribution in [3.63, 3.8) is 0 Å². The molecule has 3 rings (SSSR count). The third-order valence-electron chi connectivity index (χ3n) is 3.42. The number of nitrogens with zero attached hydrogens (tertiary/aromatic N) is 2. The standard InChI is InChI=1S/C17H17N3O3/c1-12-6-2-3-7-13(12)18-15(21)9-4-10-16-19-17(20-23-16)14-8-5-11-22-14/h2-3,5-8,11H,4,9-10H2,1H3,(H,18,21). The van der Waals surface area contributed by atoms with Crippen molar-refractivity contribution in [2.45, 2.75) is 26.2 Å². The summed E-state index contributed by atoms with van der Waals surface area (Å²) in [5.41, 5.74) is 1.89. The number of hydrogen-bond donors (Lipinski definition) is 1. The number of carbonyl (C=O) groups excluding carboxylic acids is 1. The molecule has 0 aliphatic rings. The van der Waals surface area contributed by atoms with E-state index in [-0.39, 0.29) is 5.91 Å². The van der Waals surface area contributed by atoms with E-state index in [1.165, 1.54) is 0 Å². The van der Waals surface area contributed by atoms with Crippen LogP contribution in [0.15, 0.2) is 51.6 Å². The van der Waals surface area contributed by atoms with Crippen LogP contribution in [0.1, 0.15) is 24.3 Å². The van der Waals surface area contributed by atoms with Gasteiger partial charge in [0.2, 0.25) is 17.6 Å². The Hall–Kier alpha value is -2.89. The zero-order valence-corrected chi connectivity index (χ0v) is 12.8. The highest BCUT2D eigenvalue weighted by Gasteiger charge is 2.11. The monoisotopic (exact) mass is 311 g/mol. The van der Waals surface area contributed by atoms with E-state index in [0.29, 0.717) is 36.7 Å². The van der Waals surface area contributed by atoms with Gasteiger partial charge in [-0.15, -0.1) is 0 Å². The number of nitrogens with one attached hydrogen (secondary N) is 1. The van der Waals surface area contributed by atoms with Gasteiger partial charge in [-0.25, -0.2) is 0 Å². The van der Waals surface area contributed by atoms with Crippen molar-refractivity contribution < 1.29 is 13.7 Å². The average molecular weight is 311 g/mol. The molecule has 1 amide bonds. The van der Waals surface area contributed by atoms with Gasteiger partial charge in [-0.05, 0) is 37.1 Å². The van der Waals surface area contributed by atoms with Crippen molar-refractivity contribution in [1.82, 2.24) is 10.1 Å². The maximum absolute atomic E-state index is 12.0. The average Bonchev–Trinajstić information content (AvgIpc) is 3.20. The second kappa shape index (κ2) is 6.91. The molecule has 0 saturated heterocycles. The second-order valence-corrected chi connectivity index (χ2v) is 5.21. The molecular formula is C17H17N3O3. The van der Waals surface area contributed by atoms with E-state index in [1.54, 1.807) is 18.4 Å². The summed E-state index contributed by atoms with van der Waals surface area (Å²) in [6.45, 7) is 1.96. The van der Waals surface area contributed by atoms with Gasteiger partial charge in [0.15, 0.2) is 5.76 Å². The molecule has 0 spiro atoms. The molecule has 0 bridgehead atoms. The van der Waals surface area contributed by atoms with Crippen LogP contribution in [0.4, 0.5) is 5.69 Å². The first-order valence-corrected chi connectivity index (χ1v) is 7.44. The van der Waals surface area contributed by atoms with Crippen LogP contribution in [0.25, 0.3) is 11.6 Å². The van der Waals surface area contributed by atoms with Gasteiger partial charge < -0.3 is 14.3 Å². The molecule has 23 heavy (non-hydrogen) atoms. The summed E-state index contributed by atoms with van der Waals surface area (Å²) in [6.07, 6.45) is 3.14. The number of benzene rings is 1. The number of amides is 1. The molecule has 0 saturated carbocycles. The van der Waals surface area contributed by atoms with Gasteiger partial charge in [-0.2, -0.15) is 4.98 Å². The molecule has 3 aromatic rings. The minimum atomic E-state index is -0.0231. The number of anilines is 1. The number of furan rings is 1. The van der Waals surface area contributed by atoms with Gasteiger partial charge in [-0.1, -0.05) is 23.4 Å². The first kappa shape index (κ1) is 15.0. The second-order valence-electron chi connectivity index (χ2n) is 5.21. The molecule has 0 aliphatic heterocycles. The topological polar surface area (TPSA) is 81.2 Å². The molecule has 0 unspecified atom stereocenters. The van der Waals surface area contributed by atoms with Crippen LogP contribution in [0.5, 0.6) is 0 Å². The molecule has 1 N–H and O–H groups in total. The Kier molecular flexibility index (Phi) is 4.52. The fourth-order valence-electron chi connectivity index (χ4n) is 2.19. The predicted molar refractivity (Wildman–Crippen MR) is 84.7 cm³/mol. The summed E-state index contributed by atoms with van der Waals surface area (Å²) in [5.74, 6) is 1.47. The molecule has 6 heteroatoms. The first-order valence-electron chi connectivity index (χ1n) is 7.44. The Morgan fingerprint density at radius 1 is 1.22 bits per heavy atom. The van der Waals surface area contributed by atoms with Gasteiger partial charge in [0.1, 0.15) is 0 Å². The highest BCUT2D eigenvalue weighted by molar-refractivity contribution is 5.91. The van der Waals surface area contributed by atoms with Gasteiger partial charge in [0, 0.05) is 18.5 Å². The first-order chi connectivity index (χ1) is 11.2. The smallest absolute Gasteiger partial charge is 0.238 e. The number of hydrogen-bond acceptors (Lipinski definition) is 5. The zero-order valence-electron chi connectivity index (χ0n) is 12.8. The maximum Gasteiger partial charge on any atom is 0.238 e. The molecular weight excluding hydrogens is 294 g/mol. The Balaban J connectivity index is 1.48. The molecule has 0 atom stereocenters. The van der Waals surface area contributed by atoms with Crippen LogP contribution in [0, 0.1) is 6.92 Å². The van der Waals surface area contributed by atoms with Gasteiger partial charge in [-0.3, -0.25) is 4.79 Å². The Morgan fingerprint density at radius 3 is 2.87 bits per heavy atom. The normalized spacial score (nSPS) is 10.7. The summed E-state index contributed by atoms with van der Waals surface area (Å²) >= 11 is 0. The quantitative estimate of drug-likeness (QED) is 0.752. The number of rotatable bonds is 6. The predicted octanol–water partition coefficient (Wildman–Crippen LogP) is 3.60. The zero-order chi connectivity index (χ0) is 16.1. The van der Waals surface area contributed by atoms with E-state index in [0.717, 1.165) is 11.3 Å². The number of carbonyl (C=O) groups is 1.